The maximum absolute atomic E-state index is 12.6. The van der Waals surface area contributed by atoms with Crippen LogP contribution in [0, 0.1) is 11.3 Å². The van der Waals surface area contributed by atoms with Gasteiger partial charge in [-0.3, -0.25) is 10.1 Å². The first-order valence-corrected chi connectivity index (χ1v) is 11.7. The molecule has 0 aliphatic heterocycles. The zero-order chi connectivity index (χ0) is 24.5. The zero-order valence-corrected chi connectivity index (χ0v) is 19.9. The van der Waals surface area contributed by atoms with E-state index >= 15 is 0 Å². The van der Waals surface area contributed by atoms with Crippen LogP contribution in [-0.4, -0.2) is 29.3 Å². The fraction of sp³-hybridized carbons (Fsp3) is 0.0769. The minimum Gasteiger partial charge on any atom is -0.490 e. The summed E-state index contributed by atoms with van der Waals surface area (Å²) in [5.74, 6) is 0.681. The molecule has 7 nitrogen and oxygen atoms in total. The predicted octanol–water partition coefficient (Wildman–Crippen LogP) is 5.86. The number of hydrogen-bond donors (Lipinski definition) is 1. The van der Waals surface area contributed by atoms with E-state index in [0.717, 1.165) is 5.56 Å². The van der Waals surface area contributed by atoms with E-state index in [0.29, 0.717) is 45.4 Å². The first kappa shape index (κ1) is 24.0. The Morgan fingerprint density at radius 1 is 0.971 bits per heavy atom. The maximum Gasteiger partial charge on any atom is 0.268 e. The molecule has 1 amide bonds. The molecule has 1 N–H and O–H groups in total. The van der Waals surface area contributed by atoms with Crippen molar-refractivity contribution in [2.24, 2.45) is 0 Å². The van der Waals surface area contributed by atoms with E-state index in [1.165, 1.54) is 17.4 Å². The van der Waals surface area contributed by atoms with Gasteiger partial charge in [0.25, 0.3) is 5.91 Å². The van der Waals surface area contributed by atoms with Gasteiger partial charge in [-0.25, -0.2) is 0 Å². The van der Waals surface area contributed by atoms with E-state index in [4.69, 9.17) is 21.1 Å². The molecule has 0 bridgehead atoms. The fourth-order valence-corrected chi connectivity index (χ4v) is 3.92. The van der Waals surface area contributed by atoms with Gasteiger partial charge in [0.1, 0.15) is 41.4 Å². The topological polar surface area (TPSA) is 97.1 Å². The number of nitrogens with zero attached hydrogens (tertiary/aromatic N) is 3. The highest BCUT2D eigenvalue weighted by atomic mass is 35.5. The van der Waals surface area contributed by atoms with Crippen molar-refractivity contribution in [1.29, 1.82) is 5.26 Å². The van der Waals surface area contributed by atoms with Crippen LogP contribution in [0.2, 0.25) is 5.02 Å². The summed E-state index contributed by atoms with van der Waals surface area (Å²) in [7, 11) is 0. The molecule has 0 atom stereocenters. The van der Waals surface area contributed by atoms with E-state index in [1.54, 1.807) is 36.4 Å². The van der Waals surface area contributed by atoms with E-state index < -0.39 is 5.91 Å². The quantitative estimate of drug-likeness (QED) is 0.175. The maximum atomic E-state index is 12.6. The highest BCUT2D eigenvalue weighted by Crippen LogP contribution is 2.26. The lowest BCUT2D eigenvalue weighted by Crippen LogP contribution is -2.13. The lowest BCUT2D eigenvalue weighted by atomic mass is 10.1. The second-order valence-corrected chi connectivity index (χ2v) is 8.48. The summed E-state index contributed by atoms with van der Waals surface area (Å²) in [6.07, 6.45) is 1.50. The number of aromatic nitrogens is 2. The number of nitrogens with one attached hydrogen (secondary N) is 1. The number of halogens is 1. The Labute approximate surface area is 211 Å². The zero-order valence-electron chi connectivity index (χ0n) is 18.3. The number of benzene rings is 3. The van der Waals surface area contributed by atoms with Crippen LogP contribution in [0.1, 0.15) is 5.56 Å². The molecule has 9 heteroatoms. The average molecular weight is 503 g/mol. The van der Waals surface area contributed by atoms with E-state index in [2.05, 4.69) is 15.5 Å². The van der Waals surface area contributed by atoms with Gasteiger partial charge in [-0.05, 0) is 35.9 Å². The molecule has 3 aromatic carbocycles. The number of carbonyl (C=O) groups excluding carboxylic acids is 1. The summed E-state index contributed by atoms with van der Waals surface area (Å²) in [5.41, 5.74) is 1.53. The molecule has 4 aromatic rings. The summed E-state index contributed by atoms with van der Waals surface area (Å²) >= 11 is 7.29. The Morgan fingerprint density at radius 2 is 1.69 bits per heavy atom. The molecule has 0 saturated carbocycles. The van der Waals surface area contributed by atoms with Crippen LogP contribution in [-0.2, 0) is 4.79 Å². The number of rotatable bonds is 9. The highest BCUT2D eigenvalue weighted by Gasteiger charge is 2.13. The number of carbonyl (C=O) groups is 1. The minimum atomic E-state index is -0.555. The van der Waals surface area contributed by atoms with Gasteiger partial charge in [0, 0.05) is 5.56 Å². The molecular weight excluding hydrogens is 484 g/mol. The van der Waals surface area contributed by atoms with Gasteiger partial charge in [-0.2, -0.15) is 5.26 Å². The first-order valence-electron chi connectivity index (χ1n) is 10.5. The Kier molecular flexibility index (Phi) is 8.07. The minimum absolute atomic E-state index is 0.0525. The molecule has 0 aliphatic rings. The lowest BCUT2D eigenvalue weighted by molar-refractivity contribution is -0.112. The Hall–Kier alpha value is -4.19. The summed E-state index contributed by atoms with van der Waals surface area (Å²) < 4.78 is 11.3. The Morgan fingerprint density at radius 3 is 2.43 bits per heavy atom. The Balaban J connectivity index is 1.31. The lowest BCUT2D eigenvalue weighted by Gasteiger charge is -2.09. The molecule has 174 valence electrons. The standard InChI is InChI=1S/C26H19ClN4O3S/c27-22-8-4-5-9-23(22)34-15-14-33-21-12-10-18(11-13-21)16-20(17-28)24(32)29-26-31-30-25(35-26)19-6-2-1-3-7-19/h1-13,16H,14-15H2,(H,29,31,32)/b20-16-. The number of hydrogen-bond acceptors (Lipinski definition) is 7. The molecule has 0 spiro atoms. The summed E-state index contributed by atoms with van der Waals surface area (Å²) in [6, 6.07) is 25.7. The van der Waals surface area contributed by atoms with E-state index in [9.17, 15) is 10.1 Å². The van der Waals surface area contributed by atoms with Gasteiger partial charge in [0.05, 0.1) is 5.02 Å². The first-order chi connectivity index (χ1) is 17.1. The highest BCUT2D eigenvalue weighted by molar-refractivity contribution is 7.18. The second-order valence-electron chi connectivity index (χ2n) is 7.10. The van der Waals surface area contributed by atoms with Crippen LogP contribution in [0.5, 0.6) is 11.5 Å². The van der Waals surface area contributed by atoms with Crippen molar-refractivity contribution < 1.29 is 14.3 Å². The second kappa shape index (κ2) is 11.8. The van der Waals surface area contributed by atoms with Crippen LogP contribution in [0.15, 0.2) is 84.4 Å². The van der Waals surface area contributed by atoms with Crippen LogP contribution in [0.25, 0.3) is 16.6 Å². The normalized spacial score (nSPS) is 10.9. The molecule has 1 aromatic heterocycles. The van der Waals surface area contributed by atoms with Gasteiger partial charge in [0.15, 0.2) is 0 Å². The molecule has 1 heterocycles. The summed E-state index contributed by atoms with van der Waals surface area (Å²) in [5, 5.41) is 21.7. The number of ether oxygens (including phenoxy) is 2. The van der Waals surface area contributed by atoms with Gasteiger partial charge in [-0.1, -0.05) is 77.5 Å². The third-order valence-electron chi connectivity index (χ3n) is 4.67. The number of nitriles is 1. The summed E-state index contributed by atoms with van der Waals surface area (Å²) in [4.78, 5) is 12.6. The van der Waals surface area contributed by atoms with E-state index in [1.807, 2.05) is 48.5 Å². The molecule has 0 saturated heterocycles. The van der Waals surface area contributed by atoms with Crippen LogP contribution in [0.3, 0.4) is 0 Å². The van der Waals surface area contributed by atoms with E-state index in [-0.39, 0.29) is 5.57 Å². The average Bonchev–Trinajstić information content (AvgIpc) is 3.36. The van der Waals surface area contributed by atoms with Crippen molar-refractivity contribution in [2.45, 2.75) is 0 Å². The van der Waals surface area contributed by atoms with Crippen molar-refractivity contribution in [3.63, 3.8) is 0 Å². The number of amides is 1. The molecule has 0 fully saturated rings. The molecular formula is C26H19ClN4O3S. The molecule has 35 heavy (non-hydrogen) atoms. The largest absolute Gasteiger partial charge is 0.490 e. The van der Waals surface area contributed by atoms with Gasteiger partial charge in [0.2, 0.25) is 5.13 Å². The van der Waals surface area contributed by atoms with Gasteiger partial charge in [-0.15, -0.1) is 10.2 Å². The van der Waals surface area contributed by atoms with Crippen molar-refractivity contribution in [1.82, 2.24) is 10.2 Å². The molecule has 4 rings (SSSR count). The van der Waals surface area contributed by atoms with Crippen molar-refractivity contribution in [2.75, 3.05) is 18.5 Å². The Bertz CT molecular complexity index is 1370. The third kappa shape index (κ3) is 6.67. The predicted molar refractivity (Wildman–Crippen MR) is 136 cm³/mol. The SMILES string of the molecule is N#C/C(=C/c1ccc(OCCOc2ccccc2Cl)cc1)C(=O)Nc1nnc(-c2ccccc2)s1. The van der Waals surface area contributed by atoms with Crippen LogP contribution in [0.4, 0.5) is 5.13 Å². The molecule has 0 aliphatic carbocycles. The van der Waals surface area contributed by atoms with Crippen molar-refractivity contribution in [3.8, 4) is 28.1 Å². The summed E-state index contributed by atoms with van der Waals surface area (Å²) in [6.45, 7) is 0.667. The van der Waals surface area contributed by atoms with Gasteiger partial charge < -0.3 is 9.47 Å². The van der Waals surface area contributed by atoms with Crippen LogP contribution < -0.4 is 14.8 Å². The monoisotopic (exact) mass is 502 g/mol. The third-order valence-corrected chi connectivity index (χ3v) is 5.87. The number of anilines is 1. The van der Waals surface area contributed by atoms with Gasteiger partial charge >= 0.3 is 0 Å². The van der Waals surface area contributed by atoms with Crippen molar-refractivity contribution in [3.05, 3.63) is 95.0 Å². The fourth-order valence-electron chi connectivity index (χ4n) is 2.98. The van der Waals surface area contributed by atoms with Crippen molar-refractivity contribution >= 4 is 40.1 Å². The van der Waals surface area contributed by atoms with Crippen LogP contribution >= 0.6 is 22.9 Å². The molecule has 0 unspecified atom stereocenters. The smallest absolute Gasteiger partial charge is 0.268 e. The number of para-hydroxylation sites is 1. The molecule has 0 radical (unpaired) electrons.